The van der Waals surface area contributed by atoms with Gasteiger partial charge in [-0.15, -0.1) is 5.10 Å². The number of carboxylic acids is 1. The summed E-state index contributed by atoms with van der Waals surface area (Å²) >= 11 is 0. The first-order valence-electron chi connectivity index (χ1n) is 6.50. The lowest BCUT2D eigenvalue weighted by molar-refractivity contribution is 0.0691. The average molecular weight is 279 g/mol. The monoisotopic (exact) mass is 279 g/mol. The summed E-state index contributed by atoms with van der Waals surface area (Å²) in [5, 5.41) is 18.4. The van der Waals surface area contributed by atoms with Gasteiger partial charge in [0.2, 0.25) is 0 Å². The number of aryl methyl sites for hydroxylation is 2. The molecule has 2 aromatic heterocycles. The molecular formula is C16H13N3O2. The Morgan fingerprint density at radius 2 is 1.86 bits per heavy atom. The summed E-state index contributed by atoms with van der Waals surface area (Å²) < 4.78 is 0. The molecular weight excluding hydrogens is 266 g/mol. The first-order valence-corrected chi connectivity index (χ1v) is 6.50. The number of hydrogen-bond donors (Lipinski definition) is 1. The Bertz CT molecular complexity index is 859. The molecule has 3 aromatic rings. The van der Waals surface area contributed by atoms with Crippen molar-refractivity contribution in [3.8, 4) is 11.3 Å². The molecule has 0 saturated heterocycles. The molecule has 0 aliphatic heterocycles. The molecule has 0 radical (unpaired) electrons. The molecule has 21 heavy (non-hydrogen) atoms. The zero-order valence-corrected chi connectivity index (χ0v) is 11.7. The summed E-state index contributed by atoms with van der Waals surface area (Å²) in [6.07, 6.45) is 0. The first-order chi connectivity index (χ1) is 10.1. The molecule has 1 N–H and O–H groups in total. The summed E-state index contributed by atoms with van der Waals surface area (Å²) in [6, 6.07) is 10.9. The Morgan fingerprint density at radius 3 is 2.57 bits per heavy atom. The van der Waals surface area contributed by atoms with Crippen LogP contribution in [0.1, 0.15) is 21.7 Å². The van der Waals surface area contributed by atoms with Gasteiger partial charge in [-0.25, -0.2) is 9.78 Å². The molecule has 0 spiro atoms. The molecule has 104 valence electrons. The van der Waals surface area contributed by atoms with E-state index in [4.69, 9.17) is 0 Å². The Balaban J connectivity index is 2.37. The molecule has 0 unspecified atom stereocenters. The summed E-state index contributed by atoms with van der Waals surface area (Å²) in [5.41, 5.74) is 3.84. The fourth-order valence-corrected chi connectivity index (χ4v) is 2.37. The SMILES string of the molecule is Cc1cc(C)c(-c2cc(C(=O)O)nc3ccccc23)nn1. The van der Waals surface area contributed by atoms with E-state index in [9.17, 15) is 9.90 Å². The number of fused-ring (bicyclic) bond motifs is 1. The fourth-order valence-electron chi connectivity index (χ4n) is 2.37. The van der Waals surface area contributed by atoms with Gasteiger partial charge in [-0.1, -0.05) is 18.2 Å². The highest BCUT2D eigenvalue weighted by atomic mass is 16.4. The Labute approximate surface area is 121 Å². The molecule has 0 saturated carbocycles. The number of aromatic carboxylic acids is 1. The van der Waals surface area contributed by atoms with Gasteiger partial charge in [0, 0.05) is 10.9 Å². The molecule has 5 heteroatoms. The molecule has 0 amide bonds. The Morgan fingerprint density at radius 1 is 1.10 bits per heavy atom. The van der Waals surface area contributed by atoms with Crippen LogP contribution in [0.25, 0.3) is 22.2 Å². The van der Waals surface area contributed by atoms with Crippen molar-refractivity contribution in [3.63, 3.8) is 0 Å². The molecule has 0 bridgehead atoms. The van der Waals surface area contributed by atoms with Gasteiger partial charge in [0.25, 0.3) is 0 Å². The maximum Gasteiger partial charge on any atom is 0.354 e. The van der Waals surface area contributed by atoms with E-state index >= 15 is 0 Å². The highest BCUT2D eigenvalue weighted by molar-refractivity contribution is 5.98. The predicted octanol–water partition coefficient (Wildman–Crippen LogP) is 3.01. The third-order valence-corrected chi connectivity index (χ3v) is 3.30. The molecule has 3 rings (SSSR count). The zero-order valence-electron chi connectivity index (χ0n) is 11.7. The molecule has 0 fully saturated rings. The van der Waals surface area contributed by atoms with Crippen LogP contribution < -0.4 is 0 Å². The minimum Gasteiger partial charge on any atom is -0.477 e. The van der Waals surface area contributed by atoms with Crippen molar-refractivity contribution in [3.05, 3.63) is 53.3 Å². The van der Waals surface area contributed by atoms with Crippen LogP contribution in [0.15, 0.2) is 36.4 Å². The van der Waals surface area contributed by atoms with E-state index in [2.05, 4.69) is 15.2 Å². The normalized spacial score (nSPS) is 10.8. The van der Waals surface area contributed by atoms with Crippen molar-refractivity contribution in [2.45, 2.75) is 13.8 Å². The second-order valence-electron chi connectivity index (χ2n) is 4.89. The van der Waals surface area contributed by atoms with E-state index in [1.165, 1.54) is 0 Å². The molecule has 1 aromatic carbocycles. The fraction of sp³-hybridized carbons (Fsp3) is 0.125. The van der Waals surface area contributed by atoms with E-state index < -0.39 is 5.97 Å². The Hall–Kier alpha value is -2.82. The lowest BCUT2D eigenvalue weighted by Gasteiger charge is -2.09. The van der Waals surface area contributed by atoms with Gasteiger partial charge in [-0.05, 0) is 37.6 Å². The number of nitrogens with zero attached hydrogens (tertiary/aromatic N) is 3. The number of hydrogen-bond acceptors (Lipinski definition) is 4. The molecule has 0 aliphatic carbocycles. The van der Waals surface area contributed by atoms with Gasteiger partial charge in [-0.2, -0.15) is 5.10 Å². The number of carboxylic acid groups (broad SMARTS) is 1. The summed E-state index contributed by atoms with van der Waals surface area (Å²) in [7, 11) is 0. The predicted molar refractivity (Wildman–Crippen MR) is 79.2 cm³/mol. The van der Waals surface area contributed by atoms with Gasteiger partial charge in [-0.3, -0.25) is 0 Å². The topological polar surface area (TPSA) is 76.0 Å². The maximum atomic E-state index is 11.3. The standard InChI is InChI=1S/C16H13N3O2/c1-9-7-10(2)18-19-15(9)12-8-14(16(20)21)17-13-6-4-3-5-11(12)13/h3-8H,1-2H3,(H,20,21). The van der Waals surface area contributed by atoms with Gasteiger partial charge < -0.3 is 5.11 Å². The van der Waals surface area contributed by atoms with E-state index in [0.29, 0.717) is 11.2 Å². The number of rotatable bonds is 2. The van der Waals surface area contributed by atoms with Gasteiger partial charge >= 0.3 is 5.97 Å². The highest BCUT2D eigenvalue weighted by Crippen LogP contribution is 2.29. The van der Waals surface area contributed by atoms with Crippen LogP contribution in [0.5, 0.6) is 0 Å². The number of pyridine rings is 1. The van der Waals surface area contributed by atoms with Crippen LogP contribution in [0.2, 0.25) is 0 Å². The van der Waals surface area contributed by atoms with Gasteiger partial charge in [0.05, 0.1) is 16.9 Å². The number of carbonyl (C=O) groups is 1. The lowest BCUT2D eigenvalue weighted by Crippen LogP contribution is -2.03. The van der Waals surface area contributed by atoms with Crippen molar-refractivity contribution >= 4 is 16.9 Å². The highest BCUT2D eigenvalue weighted by Gasteiger charge is 2.14. The third kappa shape index (κ3) is 2.33. The van der Waals surface area contributed by atoms with E-state index in [1.54, 1.807) is 12.1 Å². The largest absolute Gasteiger partial charge is 0.477 e. The molecule has 5 nitrogen and oxygen atoms in total. The second-order valence-corrected chi connectivity index (χ2v) is 4.89. The average Bonchev–Trinajstić information content (AvgIpc) is 2.46. The minimum absolute atomic E-state index is 0.00507. The number of benzene rings is 1. The maximum absolute atomic E-state index is 11.3. The summed E-state index contributed by atoms with van der Waals surface area (Å²) in [5.74, 6) is -1.06. The van der Waals surface area contributed by atoms with Crippen molar-refractivity contribution in [2.24, 2.45) is 0 Å². The summed E-state index contributed by atoms with van der Waals surface area (Å²) in [6.45, 7) is 3.81. The van der Waals surface area contributed by atoms with Crippen LogP contribution >= 0.6 is 0 Å². The smallest absolute Gasteiger partial charge is 0.354 e. The van der Waals surface area contributed by atoms with E-state index in [-0.39, 0.29) is 5.69 Å². The second kappa shape index (κ2) is 4.94. The molecule has 0 atom stereocenters. The van der Waals surface area contributed by atoms with Crippen LogP contribution in [0.4, 0.5) is 0 Å². The summed E-state index contributed by atoms with van der Waals surface area (Å²) in [4.78, 5) is 15.4. The van der Waals surface area contributed by atoms with Crippen molar-refractivity contribution in [2.75, 3.05) is 0 Å². The minimum atomic E-state index is -1.06. The molecule has 0 aliphatic rings. The van der Waals surface area contributed by atoms with E-state index in [0.717, 1.165) is 22.2 Å². The number of aromatic nitrogens is 3. The molecule has 2 heterocycles. The van der Waals surface area contributed by atoms with Crippen LogP contribution in [-0.4, -0.2) is 26.3 Å². The first kappa shape index (κ1) is 13.2. The quantitative estimate of drug-likeness (QED) is 0.780. The van der Waals surface area contributed by atoms with Crippen LogP contribution in [0.3, 0.4) is 0 Å². The van der Waals surface area contributed by atoms with Gasteiger partial charge in [0.15, 0.2) is 0 Å². The third-order valence-electron chi connectivity index (χ3n) is 3.30. The van der Waals surface area contributed by atoms with Crippen molar-refractivity contribution < 1.29 is 9.90 Å². The Kier molecular flexibility index (Phi) is 3.10. The van der Waals surface area contributed by atoms with Crippen LogP contribution in [-0.2, 0) is 0 Å². The van der Waals surface area contributed by atoms with Crippen molar-refractivity contribution in [1.82, 2.24) is 15.2 Å². The number of para-hydroxylation sites is 1. The lowest BCUT2D eigenvalue weighted by atomic mass is 10.0. The van der Waals surface area contributed by atoms with Crippen molar-refractivity contribution in [1.29, 1.82) is 0 Å². The zero-order chi connectivity index (χ0) is 15.0. The van der Waals surface area contributed by atoms with E-state index in [1.807, 2.05) is 38.1 Å². The van der Waals surface area contributed by atoms with Crippen LogP contribution in [0, 0.1) is 13.8 Å². The van der Waals surface area contributed by atoms with Gasteiger partial charge in [0.1, 0.15) is 5.69 Å².